The quantitative estimate of drug-likeness (QED) is 0.421. The van der Waals surface area contributed by atoms with Gasteiger partial charge >= 0.3 is 5.97 Å². The molecule has 162 valence electrons. The lowest BCUT2D eigenvalue weighted by atomic mass is 10.1. The molecule has 0 aliphatic carbocycles. The molecule has 3 aromatic carbocycles. The van der Waals surface area contributed by atoms with E-state index in [-0.39, 0.29) is 4.90 Å². The van der Waals surface area contributed by atoms with Crippen molar-refractivity contribution in [2.24, 2.45) is 0 Å². The summed E-state index contributed by atoms with van der Waals surface area (Å²) in [5, 5.41) is 4.61. The Bertz CT molecular complexity index is 1320. The van der Waals surface area contributed by atoms with Gasteiger partial charge in [0.1, 0.15) is 5.82 Å². The third kappa shape index (κ3) is 4.55. The Hall–Kier alpha value is -3.91. The number of hydrogen-bond donors (Lipinski definition) is 1. The molecule has 0 spiro atoms. The van der Waals surface area contributed by atoms with E-state index in [1.807, 2.05) is 30.3 Å². The number of carbonyl (C=O) groups is 1. The maximum absolute atomic E-state index is 12.9. The van der Waals surface area contributed by atoms with E-state index in [1.54, 1.807) is 55.5 Å². The van der Waals surface area contributed by atoms with Crippen LogP contribution in [0.4, 0.5) is 5.82 Å². The summed E-state index contributed by atoms with van der Waals surface area (Å²) in [4.78, 5) is 12.1. The van der Waals surface area contributed by atoms with Crippen LogP contribution in [0.25, 0.3) is 16.9 Å². The second kappa shape index (κ2) is 9.07. The van der Waals surface area contributed by atoms with Gasteiger partial charge < -0.3 is 4.74 Å². The molecule has 0 fully saturated rings. The molecular weight excluding hydrogens is 426 g/mol. The van der Waals surface area contributed by atoms with Gasteiger partial charge in [0.05, 0.1) is 28.4 Å². The van der Waals surface area contributed by atoms with E-state index in [0.717, 1.165) is 5.56 Å². The Labute approximate surface area is 186 Å². The van der Waals surface area contributed by atoms with Crippen molar-refractivity contribution in [1.29, 1.82) is 0 Å². The summed E-state index contributed by atoms with van der Waals surface area (Å²) in [6.07, 6.45) is 0. The molecule has 4 aromatic rings. The summed E-state index contributed by atoms with van der Waals surface area (Å²) in [6.45, 7) is 2.05. The standard InChI is InChI=1S/C24H21N3O4S/c1-2-31-24(28)19-15-13-18(14-16-19)22-17-23(27(25-22)20-9-5-3-6-10-20)26-32(29,30)21-11-7-4-8-12-21/h3-17,26H,2H2,1H3. The molecule has 0 atom stereocenters. The van der Waals surface area contributed by atoms with E-state index in [0.29, 0.717) is 29.4 Å². The van der Waals surface area contributed by atoms with Gasteiger partial charge in [0.25, 0.3) is 10.0 Å². The first-order chi connectivity index (χ1) is 15.5. The average molecular weight is 448 g/mol. The van der Waals surface area contributed by atoms with Gasteiger partial charge in [-0.15, -0.1) is 0 Å². The number of aromatic nitrogens is 2. The minimum absolute atomic E-state index is 0.154. The number of sulfonamides is 1. The molecule has 8 heteroatoms. The monoisotopic (exact) mass is 447 g/mol. The first-order valence-corrected chi connectivity index (χ1v) is 11.5. The highest BCUT2D eigenvalue weighted by molar-refractivity contribution is 7.92. The van der Waals surface area contributed by atoms with Crippen molar-refractivity contribution in [3.8, 4) is 16.9 Å². The summed E-state index contributed by atoms with van der Waals surface area (Å²) >= 11 is 0. The molecule has 0 amide bonds. The second-order valence-electron chi connectivity index (χ2n) is 6.88. The summed E-state index contributed by atoms with van der Waals surface area (Å²) < 4.78 is 35.0. The summed E-state index contributed by atoms with van der Waals surface area (Å²) in [5.74, 6) is -0.102. The summed E-state index contributed by atoms with van der Waals surface area (Å²) in [5.41, 5.74) is 2.42. The zero-order valence-electron chi connectivity index (χ0n) is 17.3. The molecule has 32 heavy (non-hydrogen) atoms. The number of anilines is 1. The van der Waals surface area contributed by atoms with Crippen molar-refractivity contribution in [2.45, 2.75) is 11.8 Å². The molecule has 0 aliphatic rings. The SMILES string of the molecule is CCOC(=O)c1ccc(-c2cc(NS(=O)(=O)c3ccccc3)n(-c3ccccc3)n2)cc1. The molecule has 4 rings (SSSR count). The minimum atomic E-state index is -3.81. The summed E-state index contributed by atoms with van der Waals surface area (Å²) in [6, 6.07) is 25.8. The lowest BCUT2D eigenvalue weighted by Gasteiger charge is -2.10. The predicted octanol–water partition coefficient (Wildman–Crippen LogP) is 4.52. The van der Waals surface area contributed by atoms with E-state index in [9.17, 15) is 13.2 Å². The van der Waals surface area contributed by atoms with E-state index < -0.39 is 16.0 Å². The number of benzene rings is 3. The Morgan fingerprint density at radius 2 is 1.56 bits per heavy atom. The highest BCUT2D eigenvalue weighted by Gasteiger charge is 2.19. The number of nitrogens with one attached hydrogen (secondary N) is 1. The largest absolute Gasteiger partial charge is 0.462 e. The molecular formula is C24H21N3O4S. The maximum Gasteiger partial charge on any atom is 0.338 e. The molecule has 1 heterocycles. The van der Waals surface area contributed by atoms with Gasteiger partial charge in [0.15, 0.2) is 0 Å². The van der Waals surface area contributed by atoms with Crippen molar-refractivity contribution >= 4 is 21.8 Å². The van der Waals surface area contributed by atoms with Crippen LogP contribution in [-0.4, -0.2) is 30.8 Å². The maximum atomic E-state index is 12.9. The van der Waals surface area contributed by atoms with E-state index >= 15 is 0 Å². The zero-order chi connectivity index (χ0) is 22.6. The van der Waals surface area contributed by atoms with Crippen LogP contribution in [0.1, 0.15) is 17.3 Å². The third-order valence-electron chi connectivity index (χ3n) is 4.69. The van der Waals surface area contributed by atoms with Gasteiger partial charge in [0, 0.05) is 11.6 Å². The molecule has 1 N–H and O–H groups in total. The lowest BCUT2D eigenvalue weighted by Crippen LogP contribution is -2.15. The summed E-state index contributed by atoms with van der Waals surface area (Å²) in [7, 11) is -3.81. The van der Waals surface area contributed by atoms with Crippen molar-refractivity contribution in [3.05, 3.63) is 96.6 Å². The fourth-order valence-electron chi connectivity index (χ4n) is 3.15. The predicted molar refractivity (Wildman–Crippen MR) is 122 cm³/mol. The molecule has 0 unspecified atom stereocenters. The highest BCUT2D eigenvalue weighted by Crippen LogP contribution is 2.27. The van der Waals surface area contributed by atoms with Crippen LogP contribution in [0.5, 0.6) is 0 Å². The van der Waals surface area contributed by atoms with Crippen LogP contribution in [0.3, 0.4) is 0 Å². The lowest BCUT2D eigenvalue weighted by molar-refractivity contribution is 0.0526. The topological polar surface area (TPSA) is 90.3 Å². The minimum Gasteiger partial charge on any atom is -0.462 e. The Balaban J connectivity index is 1.73. The fourth-order valence-corrected chi connectivity index (χ4v) is 4.20. The second-order valence-corrected chi connectivity index (χ2v) is 8.56. The first kappa shape index (κ1) is 21.3. The van der Waals surface area contributed by atoms with Crippen LogP contribution >= 0.6 is 0 Å². The van der Waals surface area contributed by atoms with E-state index in [2.05, 4.69) is 9.82 Å². The number of esters is 1. The smallest absolute Gasteiger partial charge is 0.338 e. The van der Waals surface area contributed by atoms with Crippen LogP contribution in [0.2, 0.25) is 0 Å². The molecule has 1 aromatic heterocycles. The Morgan fingerprint density at radius 3 is 2.19 bits per heavy atom. The third-order valence-corrected chi connectivity index (χ3v) is 6.06. The van der Waals surface area contributed by atoms with Crippen molar-refractivity contribution in [3.63, 3.8) is 0 Å². The first-order valence-electron chi connectivity index (χ1n) is 9.99. The number of hydrogen-bond acceptors (Lipinski definition) is 5. The van der Waals surface area contributed by atoms with Crippen LogP contribution in [0.15, 0.2) is 95.9 Å². The Morgan fingerprint density at radius 1 is 0.938 bits per heavy atom. The molecule has 7 nitrogen and oxygen atoms in total. The average Bonchev–Trinajstić information content (AvgIpc) is 3.23. The van der Waals surface area contributed by atoms with Gasteiger partial charge in [0.2, 0.25) is 0 Å². The number of ether oxygens (including phenoxy) is 1. The molecule has 0 saturated carbocycles. The molecule has 0 aliphatic heterocycles. The van der Waals surface area contributed by atoms with Crippen LogP contribution < -0.4 is 4.72 Å². The van der Waals surface area contributed by atoms with Gasteiger partial charge in [-0.25, -0.2) is 17.9 Å². The molecule has 0 saturated heterocycles. The molecule has 0 bridgehead atoms. The highest BCUT2D eigenvalue weighted by atomic mass is 32.2. The Kier molecular flexibility index (Phi) is 6.04. The number of rotatable bonds is 7. The van der Waals surface area contributed by atoms with Crippen LogP contribution in [-0.2, 0) is 14.8 Å². The van der Waals surface area contributed by atoms with Crippen molar-refractivity contribution in [1.82, 2.24) is 9.78 Å². The van der Waals surface area contributed by atoms with Gasteiger partial charge in [-0.2, -0.15) is 5.10 Å². The van der Waals surface area contributed by atoms with E-state index in [4.69, 9.17) is 4.74 Å². The fraction of sp³-hybridized carbons (Fsp3) is 0.0833. The van der Waals surface area contributed by atoms with Crippen molar-refractivity contribution in [2.75, 3.05) is 11.3 Å². The normalized spacial score (nSPS) is 11.2. The van der Waals surface area contributed by atoms with Crippen LogP contribution in [0, 0.1) is 0 Å². The molecule has 0 radical (unpaired) electrons. The van der Waals surface area contributed by atoms with Crippen molar-refractivity contribution < 1.29 is 17.9 Å². The number of carbonyl (C=O) groups excluding carboxylic acids is 1. The van der Waals surface area contributed by atoms with E-state index in [1.165, 1.54) is 16.8 Å². The van der Waals surface area contributed by atoms with Gasteiger partial charge in [-0.05, 0) is 43.3 Å². The van der Waals surface area contributed by atoms with Gasteiger partial charge in [-0.1, -0.05) is 48.5 Å². The number of para-hydroxylation sites is 1. The number of nitrogens with zero attached hydrogens (tertiary/aromatic N) is 2. The zero-order valence-corrected chi connectivity index (χ0v) is 18.1. The van der Waals surface area contributed by atoms with Gasteiger partial charge in [-0.3, -0.25) is 4.72 Å².